The van der Waals surface area contributed by atoms with Crippen LogP contribution in [-0.4, -0.2) is 15.0 Å². The van der Waals surface area contributed by atoms with E-state index in [0.717, 1.165) is 83.4 Å². The fourth-order valence-electron chi connectivity index (χ4n) is 7.40. The summed E-state index contributed by atoms with van der Waals surface area (Å²) < 4.78 is 6.56. The van der Waals surface area contributed by atoms with E-state index in [2.05, 4.69) is 145 Å². The molecule has 4 heteroatoms. The van der Waals surface area contributed by atoms with Gasteiger partial charge in [-0.1, -0.05) is 146 Å². The maximum Gasteiger partial charge on any atom is 0.160 e. The highest BCUT2D eigenvalue weighted by atomic mass is 16.3. The molecule has 258 valence electrons. The summed E-state index contributed by atoms with van der Waals surface area (Å²) in [6.45, 7) is 0. The zero-order valence-corrected chi connectivity index (χ0v) is 29.8. The Balaban J connectivity index is 1.16. The first-order chi connectivity index (χ1) is 27.2. The number of aromatic nitrogens is 3. The Labute approximate surface area is 319 Å². The number of fused-ring (bicyclic) bond motifs is 3. The second-order valence-electron chi connectivity index (χ2n) is 13.7. The number of hydrogen-bond acceptors (Lipinski definition) is 4. The Kier molecular flexibility index (Phi) is 8.12. The van der Waals surface area contributed by atoms with Crippen molar-refractivity contribution in [3.05, 3.63) is 200 Å². The summed E-state index contributed by atoms with van der Waals surface area (Å²) in [5, 5.41) is 2.20. The van der Waals surface area contributed by atoms with E-state index in [4.69, 9.17) is 14.4 Å². The summed E-state index contributed by atoms with van der Waals surface area (Å²) >= 11 is 0. The monoisotopic (exact) mass is 703 g/mol. The Morgan fingerprint density at radius 2 is 0.836 bits per heavy atom. The van der Waals surface area contributed by atoms with Gasteiger partial charge >= 0.3 is 0 Å². The molecule has 3 aromatic heterocycles. The summed E-state index contributed by atoms with van der Waals surface area (Å²) in [6, 6.07) is 65.6. The molecule has 0 aliphatic heterocycles. The summed E-state index contributed by atoms with van der Waals surface area (Å²) in [7, 11) is 0. The molecule has 3 heterocycles. The van der Waals surface area contributed by atoms with E-state index in [9.17, 15) is 0 Å². The third kappa shape index (κ3) is 6.26. The van der Waals surface area contributed by atoms with Crippen molar-refractivity contribution in [1.29, 1.82) is 0 Å². The Hall–Kier alpha value is -7.43. The molecule has 0 amide bonds. The molecule has 0 saturated carbocycles. The fraction of sp³-hybridized carbons (Fsp3) is 0. The van der Waals surface area contributed by atoms with Crippen LogP contribution in [0.15, 0.2) is 205 Å². The number of hydrogen-bond donors (Lipinski definition) is 0. The first kappa shape index (κ1) is 32.2. The molecule has 0 fully saturated rings. The molecule has 4 nitrogen and oxygen atoms in total. The highest BCUT2D eigenvalue weighted by Gasteiger charge is 2.17. The highest BCUT2D eigenvalue weighted by Crippen LogP contribution is 2.40. The summed E-state index contributed by atoms with van der Waals surface area (Å²) in [4.78, 5) is 14.6. The van der Waals surface area contributed by atoms with Gasteiger partial charge < -0.3 is 4.42 Å². The van der Waals surface area contributed by atoms with E-state index < -0.39 is 0 Å². The number of pyridine rings is 1. The molecular weight excluding hydrogens is 671 g/mol. The van der Waals surface area contributed by atoms with E-state index in [-0.39, 0.29) is 0 Å². The van der Waals surface area contributed by atoms with Crippen LogP contribution >= 0.6 is 0 Å². The number of furan rings is 1. The van der Waals surface area contributed by atoms with Crippen LogP contribution in [0.3, 0.4) is 0 Å². The zero-order valence-electron chi connectivity index (χ0n) is 29.8. The lowest BCUT2D eigenvalue weighted by Crippen LogP contribution is -1.96. The smallest absolute Gasteiger partial charge is 0.160 e. The predicted octanol–water partition coefficient (Wildman–Crippen LogP) is 13.4. The molecule has 0 radical (unpaired) electrons. The van der Waals surface area contributed by atoms with Crippen molar-refractivity contribution in [3.8, 4) is 78.4 Å². The molecule has 10 rings (SSSR count). The lowest BCUT2D eigenvalue weighted by atomic mass is 9.93. The van der Waals surface area contributed by atoms with Crippen LogP contribution in [0.2, 0.25) is 0 Å². The average molecular weight is 704 g/mol. The van der Waals surface area contributed by atoms with Crippen molar-refractivity contribution in [3.63, 3.8) is 0 Å². The average Bonchev–Trinajstić information content (AvgIpc) is 3.66. The number of para-hydroxylation sites is 2. The fourth-order valence-corrected chi connectivity index (χ4v) is 7.40. The van der Waals surface area contributed by atoms with Crippen molar-refractivity contribution in [1.82, 2.24) is 15.0 Å². The maximum absolute atomic E-state index is 6.56. The topological polar surface area (TPSA) is 51.8 Å². The van der Waals surface area contributed by atoms with Gasteiger partial charge in [0.25, 0.3) is 0 Å². The molecule has 55 heavy (non-hydrogen) atoms. The van der Waals surface area contributed by atoms with Crippen LogP contribution < -0.4 is 0 Å². The van der Waals surface area contributed by atoms with Crippen molar-refractivity contribution < 1.29 is 4.42 Å². The quantitative estimate of drug-likeness (QED) is 0.166. The zero-order chi connectivity index (χ0) is 36.6. The van der Waals surface area contributed by atoms with Gasteiger partial charge in [0.05, 0.1) is 11.4 Å². The Morgan fingerprint density at radius 1 is 0.327 bits per heavy atom. The van der Waals surface area contributed by atoms with E-state index in [1.165, 1.54) is 11.1 Å². The molecule has 0 N–H and O–H groups in total. The van der Waals surface area contributed by atoms with E-state index in [1.54, 1.807) is 0 Å². The molecule has 0 atom stereocenters. The van der Waals surface area contributed by atoms with E-state index in [0.29, 0.717) is 5.82 Å². The third-order valence-corrected chi connectivity index (χ3v) is 10.2. The van der Waals surface area contributed by atoms with Crippen molar-refractivity contribution in [2.75, 3.05) is 0 Å². The molecular formula is C51H33N3O. The van der Waals surface area contributed by atoms with Gasteiger partial charge in [-0.25, -0.2) is 9.97 Å². The molecule has 7 aromatic carbocycles. The molecule has 0 aliphatic rings. The highest BCUT2D eigenvalue weighted by molar-refractivity contribution is 6.09. The van der Waals surface area contributed by atoms with E-state index in [1.807, 2.05) is 60.9 Å². The Morgan fingerprint density at radius 3 is 1.55 bits per heavy atom. The normalized spacial score (nSPS) is 11.3. The first-order valence-electron chi connectivity index (χ1n) is 18.4. The molecule has 0 spiro atoms. The van der Waals surface area contributed by atoms with Gasteiger partial charge in [-0.2, -0.15) is 0 Å². The second kappa shape index (κ2) is 13.8. The van der Waals surface area contributed by atoms with Gasteiger partial charge in [0, 0.05) is 45.4 Å². The minimum absolute atomic E-state index is 0.671. The lowest BCUT2D eigenvalue weighted by molar-refractivity contribution is 0.670. The van der Waals surface area contributed by atoms with Gasteiger partial charge in [0.1, 0.15) is 11.2 Å². The van der Waals surface area contributed by atoms with Gasteiger partial charge in [-0.05, 0) is 81.4 Å². The molecule has 10 aromatic rings. The van der Waals surface area contributed by atoms with Crippen LogP contribution in [0.5, 0.6) is 0 Å². The SMILES string of the molecule is c1ccc(-c2ccc(-c3cc(-c4cc(-c5ccc(-c6ccncc6)cc5)nc(-c5ccccc5)n4)cc(-c4cccc5c4oc4ccccc45)c3)cc2)cc1. The lowest BCUT2D eigenvalue weighted by Gasteiger charge is -2.14. The summed E-state index contributed by atoms with van der Waals surface area (Å²) in [5.74, 6) is 0.671. The van der Waals surface area contributed by atoms with Gasteiger partial charge in [-0.15, -0.1) is 0 Å². The van der Waals surface area contributed by atoms with Crippen LogP contribution in [0.25, 0.3) is 100 Å². The van der Waals surface area contributed by atoms with Gasteiger partial charge in [0.2, 0.25) is 0 Å². The molecule has 0 unspecified atom stereocenters. The number of nitrogens with zero attached hydrogens (tertiary/aromatic N) is 3. The van der Waals surface area contributed by atoms with Gasteiger partial charge in [-0.3, -0.25) is 4.98 Å². The van der Waals surface area contributed by atoms with Crippen molar-refractivity contribution in [2.24, 2.45) is 0 Å². The van der Waals surface area contributed by atoms with Crippen LogP contribution in [-0.2, 0) is 0 Å². The molecule has 0 saturated heterocycles. The molecule has 0 bridgehead atoms. The van der Waals surface area contributed by atoms with Crippen LogP contribution in [0.1, 0.15) is 0 Å². The van der Waals surface area contributed by atoms with Crippen molar-refractivity contribution >= 4 is 21.9 Å². The van der Waals surface area contributed by atoms with E-state index >= 15 is 0 Å². The maximum atomic E-state index is 6.56. The predicted molar refractivity (Wildman–Crippen MR) is 225 cm³/mol. The molecule has 0 aliphatic carbocycles. The number of rotatable bonds is 7. The van der Waals surface area contributed by atoms with Crippen LogP contribution in [0, 0.1) is 0 Å². The summed E-state index contributed by atoms with van der Waals surface area (Å²) in [5.41, 5.74) is 15.3. The minimum atomic E-state index is 0.671. The van der Waals surface area contributed by atoms with Crippen molar-refractivity contribution in [2.45, 2.75) is 0 Å². The summed E-state index contributed by atoms with van der Waals surface area (Å²) in [6.07, 6.45) is 3.64. The number of benzene rings is 7. The van der Waals surface area contributed by atoms with Crippen LogP contribution in [0.4, 0.5) is 0 Å². The third-order valence-electron chi connectivity index (χ3n) is 10.2. The Bertz CT molecular complexity index is 2940. The standard InChI is InChI=1S/C51H33N3O/c1-3-10-34(11-4-1)35-18-20-37(21-19-35)41-30-42(44-15-9-16-46-45-14-7-8-17-49(45)55-50(44)46)32-43(31-41)48-33-47(53-51(54-48)40-12-5-2-6-13-40)39-24-22-36(23-25-39)38-26-28-52-29-27-38/h1-33H. The van der Waals surface area contributed by atoms with Gasteiger partial charge in [0.15, 0.2) is 5.82 Å². The second-order valence-corrected chi connectivity index (χ2v) is 13.7. The largest absolute Gasteiger partial charge is 0.455 e. The first-order valence-corrected chi connectivity index (χ1v) is 18.4. The minimum Gasteiger partial charge on any atom is -0.455 e.